The second-order valence-electron chi connectivity index (χ2n) is 7.41. The standard InChI is InChI=1S/C15H28/c1-10(2)12-9-15(6)11(3)7-8-13(15)14(12,4)5/h10-13H,7-9H2,1-6H3. The molecule has 0 aromatic carbocycles. The van der Waals surface area contributed by atoms with E-state index in [9.17, 15) is 0 Å². The van der Waals surface area contributed by atoms with E-state index in [0.29, 0.717) is 10.8 Å². The van der Waals surface area contributed by atoms with Crippen molar-refractivity contribution in [3.63, 3.8) is 0 Å². The topological polar surface area (TPSA) is 0 Å². The van der Waals surface area contributed by atoms with Crippen molar-refractivity contribution in [1.29, 1.82) is 0 Å². The molecule has 0 aromatic rings. The molecule has 0 nitrogen and oxygen atoms in total. The van der Waals surface area contributed by atoms with Crippen LogP contribution in [0.25, 0.3) is 0 Å². The molecule has 0 amide bonds. The lowest BCUT2D eigenvalue weighted by molar-refractivity contribution is 0.121. The fourth-order valence-electron chi connectivity index (χ4n) is 5.07. The SMILES string of the molecule is CC(C)C1CC2(C)C(C)CCC2C1(C)C. The van der Waals surface area contributed by atoms with Crippen molar-refractivity contribution in [3.05, 3.63) is 0 Å². The molecule has 2 fully saturated rings. The summed E-state index contributed by atoms with van der Waals surface area (Å²) in [7, 11) is 0. The quantitative estimate of drug-likeness (QED) is 0.584. The van der Waals surface area contributed by atoms with Crippen LogP contribution < -0.4 is 0 Å². The van der Waals surface area contributed by atoms with Gasteiger partial charge in [-0.1, -0.05) is 41.5 Å². The molecule has 2 rings (SSSR count). The van der Waals surface area contributed by atoms with E-state index in [1.54, 1.807) is 0 Å². The predicted molar refractivity (Wildman–Crippen MR) is 66.7 cm³/mol. The Hall–Kier alpha value is 0. The fourth-order valence-corrected chi connectivity index (χ4v) is 5.07. The first-order valence-corrected chi connectivity index (χ1v) is 6.80. The van der Waals surface area contributed by atoms with Crippen molar-refractivity contribution in [2.45, 2.75) is 60.8 Å². The number of fused-ring (bicyclic) bond motifs is 1. The maximum atomic E-state index is 2.57. The summed E-state index contributed by atoms with van der Waals surface area (Å²) in [6, 6.07) is 0. The van der Waals surface area contributed by atoms with E-state index < -0.39 is 0 Å². The lowest BCUT2D eigenvalue weighted by Gasteiger charge is -2.36. The Morgan fingerprint density at radius 2 is 1.67 bits per heavy atom. The first-order valence-electron chi connectivity index (χ1n) is 6.80. The van der Waals surface area contributed by atoms with Gasteiger partial charge in [0.2, 0.25) is 0 Å². The van der Waals surface area contributed by atoms with Crippen molar-refractivity contribution in [2.75, 3.05) is 0 Å². The van der Waals surface area contributed by atoms with E-state index in [1.807, 2.05) is 0 Å². The summed E-state index contributed by atoms with van der Waals surface area (Å²) in [5.41, 5.74) is 1.23. The monoisotopic (exact) mass is 208 g/mol. The van der Waals surface area contributed by atoms with Crippen molar-refractivity contribution in [2.24, 2.45) is 34.5 Å². The van der Waals surface area contributed by atoms with Crippen LogP contribution in [-0.4, -0.2) is 0 Å². The minimum atomic E-state index is 0.577. The summed E-state index contributed by atoms with van der Waals surface area (Å²) < 4.78 is 0. The molecule has 0 aromatic heterocycles. The Morgan fingerprint density at radius 3 is 2.13 bits per heavy atom. The molecule has 0 aliphatic heterocycles. The highest BCUT2D eigenvalue weighted by atomic mass is 14.6. The third-order valence-electron chi connectivity index (χ3n) is 6.13. The van der Waals surface area contributed by atoms with Gasteiger partial charge in [-0.05, 0) is 53.8 Å². The van der Waals surface area contributed by atoms with Gasteiger partial charge in [-0.15, -0.1) is 0 Å². The van der Waals surface area contributed by atoms with Crippen LogP contribution in [0.3, 0.4) is 0 Å². The van der Waals surface area contributed by atoms with Crippen molar-refractivity contribution < 1.29 is 0 Å². The molecular formula is C15H28. The summed E-state index contributed by atoms with van der Waals surface area (Å²) >= 11 is 0. The molecule has 0 N–H and O–H groups in total. The highest BCUT2D eigenvalue weighted by Crippen LogP contribution is 2.67. The highest BCUT2D eigenvalue weighted by Gasteiger charge is 2.59. The van der Waals surface area contributed by atoms with Crippen LogP contribution in [-0.2, 0) is 0 Å². The number of hydrogen-bond donors (Lipinski definition) is 0. The van der Waals surface area contributed by atoms with Gasteiger partial charge in [0.05, 0.1) is 0 Å². The fraction of sp³-hybridized carbons (Fsp3) is 1.00. The van der Waals surface area contributed by atoms with E-state index in [2.05, 4.69) is 41.5 Å². The molecule has 4 atom stereocenters. The molecule has 0 bridgehead atoms. The molecule has 88 valence electrons. The van der Waals surface area contributed by atoms with Crippen LogP contribution in [0.4, 0.5) is 0 Å². The largest absolute Gasteiger partial charge is 0.0625 e. The van der Waals surface area contributed by atoms with Crippen LogP contribution in [0.1, 0.15) is 60.8 Å². The van der Waals surface area contributed by atoms with Gasteiger partial charge in [0.15, 0.2) is 0 Å². The molecule has 15 heavy (non-hydrogen) atoms. The predicted octanol–water partition coefficient (Wildman–Crippen LogP) is 4.74. The Morgan fingerprint density at radius 1 is 1.07 bits per heavy atom. The van der Waals surface area contributed by atoms with Crippen molar-refractivity contribution >= 4 is 0 Å². The summed E-state index contributed by atoms with van der Waals surface area (Å²) in [4.78, 5) is 0. The Labute approximate surface area is 95.8 Å². The smallest absolute Gasteiger partial charge is 0.0264 e. The zero-order chi connectivity index (χ0) is 11.4. The maximum Gasteiger partial charge on any atom is -0.0264 e. The second-order valence-corrected chi connectivity index (χ2v) is 7.41. The lowest BCUT2D eigenvalue weighted by atomic mass is 9.69. The van der Waals surface area contributed by atoms with Gasteiger partial charge in [0, 0.05) is 0 Å². The summed E-state index contributed by atoms with van der Waals surface area (Å²) in [6.45, 7) is 15.0. The average Bonchev–Trinajstić information content (AvgIpc) is 2.49. The van der Waals surface area contributed by atoms with Crippen LogP contribution in [0, 0.1) is 34.5 Å². The Balaban J connectivity index is 2.32. The van der Waals surface area contributed by atoms with Gasteiger partial charge in [-0.25, -0.2) is 0 Å². The zero-order valence-corrected chi connectivity index (χ0v) is 11.4. The third-order valence-corrected chi connectivity index (χ3v) is 6.13. The molecule has 0 spiro atoms. The van der Waals surface area contributed by atoms with Gasteiger partial charge in [0.25, 0.3) is 0 Å². The van der Waals surface area contributed by atoms with Gasteiger partial charge in [0.1, 0.15) is 0 Å². The van der Waals surface area contributed by atoms with Gasteiger partial charge < -0.3 is 0 Å². The molecule has 2 saturated carbocycles. The molecule has 4 unspecified atom stereocenters. The van der Waals surface area contributed by atoms with E-state index in [4.69, 9.17) is 0 Å². The molecular weight excluding hydrogens is 180 g/mol. The van der Waals surface area contributed by atoms with Crippen molar-refractivity contribution in [3.8, 4) is 0 Å². The zero-order valence-electron chi connectivity index (χ0n) is 11.4. The molecule has 0 heteroatoms. The van der Waals surface area contributed by atoms with E-state index >= 15 is 0 Å². The first kappa shape index (κ1) is 11.5. The van der Waals surface area contributed by atoms with E-state index in [-0.39, 0.29) is 0 Å². The van der Waals surface area contributed by atoms with E-state index in [1.165, 1.54) is 19.3 Å². The molecule has 2 aliphatic carbocycles. The summed E-state index contributed by atoms with van der Waals surface area (Å²) in [5.74, 6) is 3.72. The maximum absolute atomic E-state index is 2.57. The van der Waals surface area contributed by atoms with Crippen LogP contribution >= 0.6 is 0 Å². The average molecular weight is 208 g/mol. The Bertz CT molecular complexity index is 251. The minimum Gasteiger partial charge on any atom is -0.0625 e. The molecule has 0 saturated heterocycles. The van der Waals surface area contributed by atoms with Crippen LogP contribution in [0.2, 0.25) is 0 Å². The van der Waals surface area contributed by atoms with E-state index in [0.717, 1.165) is 23.7 Å². The Kier molecular flexibility index (Phi) is 2.48. The minimum absolute atomic E-state index is 0.577. The molecule has 0 radical (unpaired) electrons. The summed E-state index contributed by atoms with van der Waals surface area (Å²) in [6.07, 6.45) is 4.42. The van der Waals surface area contributed by atoms with Crippen LogP contribution in [0.5, 0.6) is 0 Å². The normalized spacial score (nSPS) is 48.6. The second kappa shape index (κ2) is 3.25. The number of rotatable bonds is 1. The first-order chi connectivity index (χ1) is 6.80. The van der Waals surface area contributed by atoms with Gasteiger partial charge in [-0.3, -0.25) is 0 Å². The van der Waals surface area contributed by atoms with Gasteiger partial charge >= 0.3 is 0 Å². The molecule has 0 heterocycles. The highest BCUT2D eigenvalue weighted by molar-refractivity contribution is 5.08. The number of hydrogen-bond acceptors (Lipinski definition) is 0. The molecule has 2 aliphatic rings. The van der Waals surface area contributed by atoms with Gasteiger partial charge in [-0.2, -0.15) is 0 Å². The van der Waals surface area contributed by atoms with Crippen LogP contribution in [0.15, 0.2) is 0 Å². The third kappa shape index (κ3) is 1.40. The lowest BCUT2D eigenvalue weighted by Crippen LogP contribution is -2.30. The summed E-state index contributed by atoms with van der Waals surface area (Å²) in [5, 5.41) is 0. The van der Waals surface area contributed by atoms with Crippen molar-refractivity contribution in [1.82, 2.24) is 0 Å².